The lowest BCUT2D eigenvalue weighted by molar-refractivity contribution is 0.00772. The Bertz CT molecular complexity index is 135. The Balaban J connectivity index is 2.55. The maximum Gasteiger partial charge on any atom is 0.112 e. The van der Waals surface area contributed by atoms with Crippen LogP contribution in [-0.4, -0.2) is 48.8 Å². The molecule has 0 amide bonds. The van der Waals surface area contributed by atoms with Crippen LogP contribution >= 0.6 is 22.6 Å². The number of methoxy groups -OCH3 is 1. The molecule has 1 fully saturated rings. The summed E-state index contributed by atoms with van der Waals surface area (Å²) in [6.07, 6.45) is -1.16. The molecule has 1 saturated heterocycles. The molecule has 0 bridgehead atoms. The third-order valence-corrected chi connectivity index (χ3v) is 2.67. The van der Waals surface area contributed by atoms with Crippen molar-refractivity contribution in [2.24, 2.45) is 0 Å². The summed E-state index contributed by atoms with van der Waals surface area (Å²) < 4.78 is 10.9. The molecule has 0 aromatic rings. The SMILES string of the molecule is [B][C@@H]1O[C@H](CI)C(O)[C@@H]1OC. The third-order valence-electron chi connectivity index (χ3n) is 1.80. The summed E-state index contributed by atoms with van der Waals surface area (Å²) in [5.41, 5.74) is 0. The first kappa shape index (κ1) is 9.76. The van der Waals surface area contributed by atoms with Crippen LogP contribution in [0.2, 0.25) is 0 Å². The van der Waals surface area contributed by atoms with Crippen LogP contribution in [0.1, 0.15) is 0 Å². The van der Waals surface area contributed by atoms with E-state index >= 15 is 0 Å². The van der Waals surface area contributed by atoms with E-state index in [1.807, 2.05) is 0 Å². The highest BCUT2D eigenvalue weighted by Gasteiger charge is 2.40. The molecule has 1 unspecified atom stereocenters. The molecular formula is C6H10BIO3. The van der Waals surface area contributed by atoms with Crippen LogP contribution in [0.25, 0.3) is 0 Å². The van der Waals surface area contributed by atoms with Gasteiger partial charge >= 0.3 is 0 Å². The second-order valence-corrected chi connectivity index (χ2v) is 3.37. The molecule has 1 aliphatic rings. The fraction of sp³-hybridized carbons (Fsp3) is 1.00. The van der Waals surface area contributed by atoms with Gasteiger partial charge in [0.1, 0.15) is 20.1 Å². The monoisotopic (exact) mass is 268 g/mol. The molecule has 0 aromatic heterocycles. The van der Waals surface area contributed by atoms with E-state index in [1.165, 1.54) is 7.11 Å². The van der Waals surface area contributed by atoms with Crippen LogP contribution in [0.4, 0.5) is 0 Å². The molecule has 2 radical (unpaired) electrons. The number of rotatable bonds is 2. The number of halogens is 1. The predicted molar refractivity (Wildman–Crippen MR) is 50.1 cm³/mol. The molecule has 1 N–H and O–H groups in total. The van der Waals surface area contributed by atoms with Gasteiger partial charge in [0.25, 0.3) is 0 Å². The third kappa shape index (κ3) is 1.88. The highest BCUT2D eigenvalue weighted by atomic mass is 127. The highest BCUT2D eigenvalue weighted by Crippen LogP contribution is 2.22. The maximum absolute atomic E-state index is 9.48. The van der Waals surface area contributed by atoms with Crippen LogP contribution in [0, 0.1) is 0 Å². The van der Waals surface area contributed by atoms with E-state index in [4.69, 9.17) is 17.3 Å². The van der Waals surface area contributed by atoms with Crippen molar-refractivity contribution in [1.29, 1.82) is 0 Å². The van der Waals surface area contributed by atoms with Crippen molar-refractivity contribution in [3.05, 3.63) is 0 Å². The van der Waals surface area contributed by atoms with E-state index < -0.39 is 12.1 Å². The molecule has 3 nitrogen and oxygen atoms in total. The molecule has 0 spiro atoms. The summed E-state index contributed by atoms with van der Waals surface area (Å²) in [4.78, 5) is 0. The van der Waals surface area contributed by atoms with E-state index in [-0.39, 0.29) is 12.2 Å². The van der Waals surface area contributed by atoms with Gasteiger partial charge < -0.3 is 14.6 Å². The van der Waals surface area contributed by atoms with Gasteiger partial charge in [-0.25, -0.2) is 0 Å². The minimum absolute atomic E-state index is 0.185. The Morgan fingerprint density at radius 1 is 1.73 bits per heavy atom. The number of aliphatic hydroxyl groups excluding tert-OH is 1. The van der Waals surface area contributed by atoms with Crippen molar-refractivity contribution in [2.75, 3.05) is 11.5 Å². The molecule has 4 atom stereocenters. The zero-order valence-electron chi connectivity index (χ0n) is 6.24. The molecule has 0 aliphatic carbocycles. The van der Waals surface area contributed by atoms with E-state index in [1.54, 1.807) is 0 Å². The first-order valence-electron chi connectivity index (χ1n) is 3.38. The standard InChI is InChI=1S/C6H10BIO3/c1-10-5-4(9)3(2-8)11-6(5)7/h3-6,9H,2H2,1H3/t3-,4?,5+,6-/m1/s1. The summed E-state index contributed by atoms with van der Waals surface area (Å²) in [6.45, 7) is 0. The smallest absolute Gasteiger partial charge is 0.112 e. The van der Waals surface area contributed by atoms with Crippen molar-refractivity contribution >= 4 is 30.4 Å². The topological polar surface area (TPSA) is 38.7 Å². The number of ether oxygens (including phenoxy) is 2. The Kier molecular flexibility index (Phi) is 3.61. The Morgan fingerprint density at radius 2 is 2.36 bits per heavy atom. The number of aliphatic hydroxyl groups is 1. The zero-order valence-corrected chi connectivity index (χ0v) is 8.39. The normalized spacial score (nSPS) is 44.6. The molecule has 5 heteroatoms. The predicted octanol–water partition coefficient (Wildman–Crippen LogP) is -0.309. The molecule has 0 aromatic carbocycles. The summed E-state index contributed by atoms with van der Waals surface area (Å²) >= 11 is 2.14. The lowest BCUT2D eigenvalue weighted by atomic mass is 9.93. The number of hydrogen-bond donors (Lipinski definition) is 1. The van der Waals surface area contributed by atoms with E-state index in [0.29, 0.717) is 0 Å². The molecule has 1 rings (SSSR count). The lowest BCUT2D eigenvalue weighted by Crippen LogP contribution is -2.34. The lowest BCUT2D eigenvalue weighted by Gasteiger charge is -2.15. The first-order valence-corrected chi connectivity index (χ1v) is 4.91. The van der Waals surface area contributed by atoms with Crippen molar-refractivity contribution in [2.45, 2.75) is 24.3 Å². The summed E-state index contributed by atoms with van der Waals surface area (Å²) in [7, 11) is 7.06. The summed E-state index contributed by atoms with van der Waals surface area (Å²) in [5, 5.41) is 9.48. The van der Waals surface area contributed by atoms with Gasteiger partial charge in [0.2, 0.25) is 0 Å². The summed E-state index contributed by atoms with van der Waals surface area (Å²) in [5.74, 6) is 0. The molecule has 0 saturated carbocycles. The van der Waals surface area contributed by atoms with Gasteiger partial charge in [-0.15, -0.1) is 0 Å². The minimum Gasteiger partial charge on any atom is -0.388 e. The minimum atomic E-state index is -0.591. The Hall–Kier alpha value is 0.675. The zero-order chi connectivity index (χ0) is 8.43. The molecule has 11 heavy (non-hydrogen) atoms. The van der Waals surface area contributed by atoms with Gasteiger partial charge in [0.05, 0.1) is 6.10 Å². The fourth-order valence-electron chi connectivity index (χ4n) is 1.17. The first-order chi connectivity index (χ1) is 5.20. The average molecular weight is 268 g/mol. The molecule has 62 valence electrons. The van der Waals surface area contributed by atoms with Crippen molar-refractivity contribution in [3.8, 4) is 0 Å². The van der Waals surface area contributed by atoms with Crippen LogP contribution in [-0.2, 0) is 9.47 Å². The van der Waals surface area contributed by atoms with E-state index in [0.717, 1.165) is 4.43 Å². The second-order valence-electron chi connectivity index (χ2n) is 2.48. The second kappa shape index (κ2) is 4.07. The van der Waals surface area contributed by atoms with Crippen molar-refractivity contribution < 1.29 is 14.6 Å². The van der Waals surface area contributed by atoms with Gasteiger partial charge in [-0.2, -0.15) is 0 Å². The van der Waals surface area contributed by atoms with E-state index in [2.05, 4.69) is 22.6 Å². The molecular weight excluding hydrogens is 258 g/mol. The summed E-state index contributed by atoms with van der Waals surface area (Å²) in [6, 6.07) is -0.491. The number of alkyl halides is 1. The van der Waals surface area contributed by atoms with Gasteiger partial charge in [-0.05, 0) is 0 Å². The van der Waals surface area contributed by atoms with Crippen LogP contribution in [0.5, 0.6) is 0 Å². The van der Waals surface area contributed by atoms with Gasteiger partial charge in [0.15, 0.2) is 0 Å². The quantitative estimate of drug-likeness (QED) is 0.424. The van der Waals surface area contributed by atoms with Crippen LogP contribution < -0.4 is 0 Å². The Labute approximate surface area is 81.0 Å². The van der Waals surface area contributed by atoms with Gasteiger partial charge in [-0.1, -0.05) is 22.6 Å². The Morgan fingerprint density at radius 3 is 2.64 bits per heavy atom. The number of hydrogen-bond acceptors (Lipinski definition) is 3. The highest BCUT2D eigenvalue weighted by molar-refractivity contribution is 14.1. The largest absolute Gasteiger partial charge is 0.388 e. The van der Waals surface area contributed by atoms with Crippen LogP contribution in [0.3, 0.4) is 0 Å². The molecule has 1 aliphatic heterocycles. The van der Waals surface area contributed by atoms with E-state index in [9.17, 15) is 5.11 Å². The van der Waals surface area contributed by atoms with Crippen LogP contribution in [0.15, 0.2) is 0 Å². The molecule has 1 heterocycles. The fourth-order valence-corrected chi connectivity index (χ4v) is 1.90. The average Bonchev–Trinajstić information content (AvgIpc) is 2.26. The van der Waals surface area contributed by atoms with Gasteiger partial charge in [0, 0.05) is 17.5 Å². The van der Waals surface area contributed by atoms with Crippen molar-refractivity contribution in [1.82, 2.24) is 0 Å². The van der Waals surface area contributed by atoms with Gasteiger partial charge in [-0.3, -0.25) is 0 Å². The maximum atomic E-state index is 9.48. The van der Waals surface area contributed by atoms with Crippen molar-refractivity contribution in [3.63, 3.8) is 0 Å².